The predicted octanol–water partition coefficient (Wildman–Crippen LogP) is 6.65. The van der Waals surface area contributed by atoms with Crippen molar-refractivity contribution in [1.82, 2.24) is 0 Å². The molecule has 2 aromatic rings. The zero-order valence-corrected chi connectivity index (χ0v) is 14.1. The summed E-state index contributed by atoms with van der Waals surface area (Å²) in [5, 5.41) is 0. The molecule has 118 valence electrons. The first-order valence-corrected chi connectivity index (χ1v) is 8.16. The van der Waals surface area contributed by atoms with Gasteiger partial charge in [-0.2, -0.15) is 0 Å². The van der Waals surface area contributed by atoms with E-state index in [9.17, 15) is 4.39 Å². The molecular formula is C22H23F. The molecule has 0 saturated carbocycles. The third-order valence-electron chi connectivity index (χ3n) is 4.83. The van der Waals surface area contributed by atoms with E-state index in [1.165, 1.54) is 5.57 Å². The lowest BCUT2D eigenvalue weighted by Gasteiger charge is -2.25. The van der Waals surface area contributed by atoms with Gasteiger partial charge in [0.15, 0.2) is 0 Å². The van der Waals surface area contributed by atoms with E-state index in [4.69, 9.17) is 0 Å². The van der Waals surface area contributed by atoms with E-state index in [2.05, 4.69) is 32.6 Å². The zero-order chi connectivity index (χ0) is 16.6. The molecule has 1 aliphatic rings. The van der Waals surface area contributed by atoms with E-state index in [-0.39, 0.29) is 11.2 Å². The van der Waals surface area contributed by atoms with Gasteiger partial charge < -0.3 is 0 Å². The highest BCUT2D eigenvalue weighted by Crippen LogP contribution is 2.47. The fourth-order valence-corrected chi connectivity index (χ4v) is 3.45. The Morgan fingerprint density at radius 1 is 1.04 bits per heavy atom. The Balaban J connectivity index is 2.26. The third-order valence-corrected chi connectivity index (χ3v) is 4.83. The van der Waals surface area contributed by atoms with Gasteiger partial charge in [0.1, 0.15) is 5.82 Å². The molecule has 0 heterocycles. The van der Waals surface area contributed by atoms with Gasteiger partial charge in [-0.25, -0.2) is 4.39 Å². The molecule has 0 aromatic heterocycles. The van der Waals surface area contributed by atoms with E-state index in [1.807, 2.05) is 37.3 Å². The van der Waals surface area contributed by atoms with Crippen LogP contribution in [0.25, 0.3) is 22.8 Å². The largest absolute Gasteiger partial charge is 0.206 e. The molecule has 0 N–H and O–H groups in total. The van der Waals surface area contributed by atoms with Gasteiger partial charge in [0.2, 0.25) is 0 Å². The number of benzene rings is 2. The Kier molecular flexibility index (Phi) is 3.97. The minimum atomic E-state index is -0.167. The second-order valence-electron chi connectivity index (χ2n) is 7.03. The van der Waals surface area contributed by atoms with E-state index in [0.717, 1.165) is 35.1 Å². The summed E-state index contributed by atoms with van der Waals surface area (Å²) < 4.78 is 14.5. The lowest BCUT2D eigenvalue weighted by atomic mass is 9.79. The molecule has 2 aromatic carbocycles. The standard InChI is InChI=1S/C22H23F/c1-5-16-9-10-17(19-13-15(2)8-11-21(19)23)18(14-16)20-7-6-12-22(20,3)4/h5,7-11,13-14H,1,6,12H2,2-4H3. The molecule has 0 atom stereocenters. The number of aryl methyl sites for hydroxylation is 1. The van der Waals surface area contributed by atoms with Crippen LogP contribution >= 0.6 is 0 Å². The topological polar surface area (TPSA) is 0 Å². The smallest absolute Gasteiger partial charge is 0.131 e. The van der Waals surface area contributed by atoms with Gasteiger partial charge in [-0.3, -0.25) is 0 Å². The molecule has 0 nitrogen and oxygen atoms in total. The quantitative estimate of drug-likeness (QED) is 0.595. The van der Waals surface area contributed by atoms with Crippen molar-refractivity contribution in [3.8, 4) is 11.1 Å². The van der Waals surface area contributed by atoms with E-state index < -0.39 is 0 Å². The van der Waals surface area contributed by atoms with Gasteiger partial charge in [-0.15, -0.1) is 0 Å². The predicted molar refractivity (Wildman–Crippen MR) is 97.7 cm³/mol. The van der Waals surface area contributed by atoms with Gasteiger partial charge in [-0.05, 0) is 65.6 Å². The Labute approximate surface area is 138 Å². The number of allylic oxidation sites excluding steroid dienone is 2. The minimum absolute atomic E-state index is 0.120. The summed E-state index contributed by atoms with van der Waals surface area (Å²) in [6.07, 6.45) is 6.37. The first-order valence-electron chi connectivity index (χ1n) is 8.16. The lowest BCUT2D eigenvalue weighted by molar-refractivity contribution is 0.487. The zero-order valence-electron chi connectivity index (χ0n) is 14.1. The van der Waals surface area contributed by atoms with E-state index in [0.29, 0.717) is 5.56 Å². The van der Waals surface area contributed by atoms with Crippen molar-refractivity contribution in [3.63, 3.8) is 0 Å². The average Bonchev–Trinajstić information content (AvgIpc) is 2.88. The van der Waals surface area contributed by atoms with E-state index >= 15 is 0 Å². The number of hydrogen-bond acceptors (Lipinski definition) is 0. The van der Waals surface area contributed by atoms with Crippen LogP contribution < -0.4 is 0 Å². The van der Waals surface area contributed by atoms with Crippen LogP contribution in [0.5, 0.6) is 0 Å². The number of rotatable bonds is 3. The van der Waals surface area contributed by atoms with Crippen molar-refractivity contribution in [2.24, 2.45) is 5.41 Å². The summed E-state index contributed by atoms with van der Waals surface area (Å²) in [4.78, 5) is 0. The van der Waals surface area contributed by atoms with Gasteiger partial charge >= 0.3 is 0 Å². The molecule has 23 heavy (non-hydrogen) atoms. The van der Waals surface area contributed by atoms with Crippen molar-refractivity contribution < 1.29 is 4.39 Å². The molecule has 0 aliphatic heterocycles. The van der Waals surface area contributed by atoms with Crippen LogP contribution in [-0.4, -0.2) is 0 Å². The third kappa shape index (κ3) is 2.88. The molecule has 0 bridgehead atoms. The summed E-state index contributed by atoms with van der Waals surface area (Å²) in [6.45, 7) is 10.4. The Morgan fingerprint density at radius 3 is 2.48 bits per heavy atom. The molecule has 0 fully saturated rings. The van der Waals surface area contributed by atoms with Gasteiger partial charge in [0.25, 0.3) is 0 Å². The fourth-order valence-electron chi connectivity index (χ4n) is 3.45. The molecule has 0 saturated heterocycles. The SMILES string of the molecule is C=Cc1ccc(-c2cc(C)ccc2F)c(C2=CCCC2(C)C)c1. The van der Waals surface area contributed by atoms with Gasteiger partial charge in [-0.1, -0.05) is 56.3 Å². The number of halogens is 1. The normalized spacial score (nSPS) is 16.3. The van der Waals surface area contributed by atoms with E-state index in [1.54, 1.807) is 6.07 Å². The maximum Gasteiger partial charge on any atom is 0.131 e. The summed E-state index contributed by atoms with van der Waals surface area (Å²) >= 11 is 0. The monoisotopic (exact) mass is 306 g/mol. The summed E-state index contributed by atoms with van der Waals surface area (Å²) in [7, 11) is 0. The van der Waals surface area contributed by atoms with Crippen LogP contribution in [0.1, 0.15) is 43.4 Å². The molecule has 0 unspecified atom stereocenters. The van der Waals surface area contributed by atoms with Gasteiger partial charge in [0.05, 0.1) is 0 Å². The maximum absolute atomic E-state index is 14.5. The first kappa shape index (κ1) is 15.7. The molecular weight excluding hydrogens is 283 g/mol. The van der Waals surface area contributed by atoms with Crippen molar-refractivity contribution >= 4 is 11.6 Å². The summed E-state index contributed by atoms with van der Waals surface area (Å²) in [5.74, 6) is -0.167. The highest BCUT2D eigenvalue weighted by atomic mass is 19.1. The molecule has 0 amide bonds. The Morgan fingerprint density at radius 2 is 1.83 bits per heavy atom. The number of hydrogen-bond donors (Lipinski definition) is 0. The average molecular weight is 306 g/mol. The van der Waals surface area contributed by atoms with Crippen LogP contribution in [0, 0.1) is 18.2 Å². The summed E-state index contributed by atoms with van der Waals surface area (Å²) in [6, 6.07) is 11.5. The summed E-state index contributed by atoms with van der Waals surface area (Å²) in [5.41, 5.74) is 6.36. The van der Waals surface area contributed by atoms with Crippen LogP contribution in [-0.2, 0) is 0 Å². The second kappa shape index (κ2) is 5.81. The van der Waals surface area contributed by atoms with Crippen LogP contribution in [0.15, 0.2) is 49.1 Å². The Hall–Kier alpha value is -2.15. The maximum atomic E-state index is 14.5. The highest BCUT2D eigenvalue weighted by molar-refractivity contribution is 5.85. The highest BCUT2D eigenvalue weighted by Gasteiger charge is 2.30. The molecule has 0 spiro atoms. The lowest BCUT2D eigenvalue weighted by Crippen LogP contribution is -2.10. The molecule has 1 heteroatoms. The molecule has 0 radical (unpaired) electrons. The van der Waals surface area contributed by atoms with Crippen molar-refractivity contribution in [3.05, 3.63) is 71.6 Å². The minimum Gasteiger partial charge on any atom is -0.206 e. The molecule has 3 rings (SSSR count). The fraction of sp³-hybridized carbons (Fsp3) is 0.273. The molecule has 1 aliphatic carbocycles. The second-order valence-corrected chi connectivity index (χ2v) is 7.03. The van der Waals surface area contributed by atoms with Crippen LogP contribution in [0.3, 0.4) is 0 Å². The van der Waals surface area contributed by atoms with Gasteiger partial charge in [0, 0.05) is 5.56 Å². The first-order chi connectivity index (χ1) is 10.9. The van der Waals surface area contributed by atoms with Crippen molar-refractivity contribution in [2.75, 3.05) is 0 Å². The van der Waals surface area contributed by atoms with Crippen molar-refractivity contribution in [2.45, 2.75) is 33.6 Å². The van der Waals surface area contributed by atoms with Crippen LogP contribution in [0.2, 0.25) is 0 Å². The van der Waals surface area contributed by atoms with Crippen molar-refractivity contribution in [1.29, 1.82) is 0 Å². The Bertz CT molecular complexity index is 794. The van der Waals surface area contributed by atoms with Crippen LogP contribution in [0.4, 0.5) is 4.39 Å².